The molecule has 0 saturated carbocycles. The van der Waals surface area contributed by atoms with E-state index in [1.165, 1.54) is 0 Å². The molecule has 190 valence electrons. The minimum absolute atomic E-state index is 0.104. The van der Waals surface area contributed by atoms with Gasteiger partial charge in [0, 0.05) is 23.4 Å². The zero-order chi connectivity index (χ0) is 26.8. The molecule has 9 heteroatoms. The maximum absolute atomic E-state index is 13.2. The first kappa shape index (κ1) is 26.9. The topological polar surface area (TPSA) is 110 Å². The van der Waals surface area contributed by atoms with Crippen LogP contribution in [-0.2, 0) is 9.53 Å². The highest BCUT2D eigenvalue weighted by molar-refractivity contribution is 6.06. The Labute approximate surface area is 215 Å². The Balaban J connectivity index is 1.65. The molecule has 3 rings (SSSR count). The van der Waals surface area contributed by atoms with Gasteiger partial charge in [0.25, 0.3) is 5.91 Å². The van der Waals surface area contributed by atoms with Crippen LogP contribution in [0.4, 0.5) is 22.7 Å². The summed E-state index contributed by atoms with van der Waals surface area (Å²) in [6.45, 7) is 9.68. The Morgan fingerprint density at radius 3 is 2.22 bits per heavy atom. The fourth-order valence-corrected chi connectivity index (χ4v) is 3.42. The van der Waals surface area contributed by atoms with E-state index in [2.05, 4.69) is 22.0 Å². The summed E-state index contributed by atoms with van der Waals surface area (Å²) >= 11 is 0. The van der Waals surface area contributed by atoms with Crippen LogP contribution in [0, 0.1) is 11.8 Å². The van der Waals surface area contributed by atoms with E-state index >= 15 is 0 Å². The summed E-state index contributed by atoms with van der Waals surface area (Å²) in [6.07, 6.45) is 0. The molecule has 0 spiro atoms. The molecule has 0 aromatic heterocycles. The van der Waals surface area contributed by atoms with Crippen LogP contribution in [0.3, 0.4) is 0 Å². The molecule has 9 nitrogen and oxygen atoms in total. The smallest absolute Gasteiger partial charge is 0.333 e. The van der Waals surface area contributed by atoms with Crippen LogP contribution < -0.4 is 9.64 Å². The molecule has 0 unspecified atom stereocenters. The van der Waals surface area contributed by atoms with E-state index < -0.39 is 5.97 Å². The lowest BCUT2D eigenvalue weighted by atomic mass is 10.1. The maximum Gasteiger partial charge on any atom is 0.333 e. The van der Waals surface area contributed by atoms with Crippen molar-refractivity contribution in [3.05, 3.63) is 94.9 Å². The zero-order valence-corrected chi connectivity index (χ0v) is 21.0. The van der Waals surface area contributed by atoms with E-state index in [0.717, 1.165) is 11.3 Å². The quantitative estimate of drug-likeness (QED) is 0.0928. The third-order valence-electron chi connectivity index (χ3n) is 5.28. The second-order valence-electron chi connectivity index (χ2n) is 8.12. The van der Waals surface area contributed by atoms with Crippen LogP contribution in [0.15, 0.2) is 94.3 Å². The van der Waals surface area contributed by atoms with Gasteiger partial charge in [-0.15, -0.1) is 4.91 Å². The summed E-state index contributed by atoms with van der Waals surface area (Å²) in [6, 6.07) is 18.8. The molecular weight excluding hydrogens is 472 g/mol. The lowest BCUT2D eigenvalue weighted by Crippen LogP contribution is -2.31. The van der Waals surface area contributed by atoms with Crippen LogP contribution in [0.5, 0.6) is 5.75 Å². The predicted molar refractivity (Wildman–Crippen MR) is 142 cm³/mol. The Morgan fingerprint density at radius 2 is 1.59 bits per heavy atom. The SMILES string of the molecule is C=C(C)C(=O)OCCOc1ccc(C(=O)N(CC)c2ccc(N=Nc3cccc(N=O)c3)cc2C)cc1. The molecule has 37 heavy (non-hydrogen) atoms. The normalized spacial score (nSPS) is 10.7. The van der Waals surface area contributed by atoms with E-state index in [4.69, 9.17) is 9.47 Å². The fourth-order valence-electron chi connectivity index (χ4n) is 3.42. The number of aryl methyl sites for hydroxylation is 1. The van der Waals surface area contributed by atoms with Crippen molar-refractivity contribution in [3.63, 3.8) is 0 Å². The van der Waals surface area contributed by atoms with Crippen LogP contribution >= 0.6 is 0 Å². The largest absolute Gasteiger partial charge is 0.490 e. The molecule has 3 aromatic rings. The van der Waals surface area contributed by atoms with Gasteiger partial charge in [0.05, 0.1) is 11.4 Å². The van der Waals surface area contributed by atoms with E-state index in [1.807, 2.05) is 26.0 Å². The zero-order valence-electron chi connectivity index (χ0n) is 21.0. The number of azo groups is 1. The Morgan fingerprint density at radius 1 is 0.919 bits per heavy atom. The first-order chi connectivity index (χ1) is 17.8. The Hall–Kier alpha value is -4.66. The lowest BCUT2D eigenvalue weighted by molar-refractivity contribution is -0.139. The first-order valence-electron chi connectivity index (χ1n) is 11.7. The summed E-state index contributed by atoms with van der Waals surface area (Å²) < 4.78 is 10.6. The number of amides is 1. The van der Waals surface area contributed by atoms with Gasteiger partial charge in [-0.3, -0.25) is 4.79 Å². The van der Waals surface area contributed by atoms with Gasteiger partial charge in [0.15, 0.2) is 0 Å². The average Bonchev–Trinajstić information content (AvgIpc) is 2.91. The molecule has 0 aliphatic heterocycles. The molecular formula is C28H28N4O5. The van der Waals surface area contributed by atoms with Crippen molar-refractivity contribution < 1.29 is 19.1 Å². The van der Waals surface area contributed by atoms with Gasteiger partial charge in [-0.1, -0.05) is 12.6 Å². The number of nitroso groups, excluding NO2 is 1. The van der Waals surface area contributed by atoms with Crippen LogP contribution in [0.1, 0.15) is 29.8 Å². The summed E-state index contributed by atoms with van der Waals surface area (Å²) in [5.74, 6) is -0.0519. The van der Waals surface area contributed by atoms with E-state index in [0.29, 0.717) is 34.8 Å². The molecule has 0 aliphatic carbocycles. The minimum atomic E-state index is -0.461. The molecule has 0 radical (unpaired) electrons. The van der Waals surface area contributed by atoms with Gasteiger partial charge in [0.2, 0.25) is 0 Å². The van der Waals surface area contributed by atoms with E-state index in [9.17, 15) is 14.5 Å². The van der Waals surface area contributed by atoms with Crippen molar-refractivity contribution in [2.24, 2.45) is 15.4 Å². The number of carbonyl (C=O) groups excluding carboxylic acids is 2. The average molecular weight is 501 g/mol. The Bertz CT molecular complexity index is 1320. The van der Waals surface area contributed by atoms with Crippen LogP contribution in [0.2, 0.25) is 0 Å². The molecule has 3 aromatic carbocycles. The number of hydrogen-bond donors (Lipinski definition) is 0. The number of esters is 1. The highest BCUT2D eigenvalue weighted by atomic mass is 16.6. The highest BCUT2D eigenvalue weighted by Crippen LogP contribution is 2.28. The molecule has 0 N–H and O–H groups in total. The standard InChI is InChI=1S/C28H28N4O5/c1-5-32(27(33)21-9-12-25(13-10-21)36-15-16-37-28(34)19(2)3)26-14-11-23(17-20(26)4)30-29-22-7-6-8-24(18-22)31-35/h6-14,17-18H,2,5,15-16H2,1,3-4H3. The molecule has 0 heterocycles. The number of nitrogens with zero attached hydrogens (tertiary/aromatic N) is 4. The number of benzene rings is 3. The second-order valence-corrected chi connectivity index (χ2v) is 8.12. The van der Waals surface area contributed by atoms with Gasteiger partial charge >= 0.3 is 5.97 Å². The molecule has 0 atom stereocenters. The van der Waals surface area contributed by atoms with Crippen molar-refractivity contribution in [1.82, 2.24) is 0 Å². The summed E-state index contributed by atoms with van der Waals surface area (Å²) in [5, 5.41) is 11.3. The van der Waals surface area contributed by atoms with E-state index in [1.54, 1.807) is 66.4 Å². The number of rotatable bonds is 11. The van der Waals surface area contributed by atoms with E-state index in [-0.39, 0.29) is 24.8 Å². The van der Waals surface area contributed by atoms with Crippen molar-refractivity contribution in [1.29, 1.82) is 0 Å². The Kier molecular flexibility index (Phi) is 9.37. The van der Waals surface area contributed by atoms with Crippen LogP contribution in [-0.4, -0.2) is 31.6 Å². The van der Waals surface area contributed by atoms with Crippen molar-refractivity contribution in [2.75, 3.05) is 24.7 Å². The third kappa shape index (κ3) is 7.41. The second kappa shape index (κ2) is 12.9. The number of hydrogen-bond acceptors (Lipinski definition) is 8. The highest BCUT2D eigenvalue weighted by Gasteiger charge is 2.18. The van der Waals surface area contributed by atoms with Crippen molar-refractivity contribution >= 4 is 34.6 Å². The van der Waals surface area contributed by atoms with Gasteiger partial charge < -0.3 is 14.4 Å². The van der Waals surface area contributed by atoms with Gasteiger partial charge in [-0.2, -0.15) is 10.2 Å². The first-order valence-corrected chi connectivity index (χ1v) is 11.7. The van der Waals surface area contributed by atoms with Gasteiger partial charge in [0.1, 0.15) is 24.7 Å². The molecule has 0 saturated heterocycles. The van der Waals surface area contributed by atoms with Gasteiger partial charge in [-0.05, 0) is 92.2 Å². The number of ether oxygens (including phenoxy) is 2. The van der Waals surface area contributed by atoms with Gasteiger partial charge in [-0.25, -0.2) is 4.79 Å². The lowest BCUT2D eigenvalue weighted by Gasteiger charge is -2.23. The minimum Gasteiger partial charge on any atom is -0.490 e. The molecule has 0 aliphatic rings. The summed E-state index contributed by atoms with van der Waals surface area (Å²) in [7, 11) is 0. The third-order valence-corrected chi connectivity index (χ3v) is 5.28. The van der Waals surface area contributed by atoms with Crippen molar-refractivity contribution in [2.45, 2.75) is 20.8 Å². The summed E-state index contributed by atoms with van der Waals surface area (Å²) in [5.41, 5.74) is 3.88. The monoisotopic (exact) mass is 500 g/mol. The van der Waals surface area contributed by atoms with Crippen LogP contribution in [0.25, 0.3) is 0 Å². The maximum atomic E-state index is 13.2. The predicted octanol–water partition coefficient (Wildman–Crippen LogP) is 6.97. The molecule has 0 fully saturated rings. The number of anilines is 1. The molecule has 0 bridgehead atoms. The number of carbonyl (C=O) groups is 2. The van der Waals surface area contributed by atoms with Crippen molar-refractivity contribution in [3.8, 4) is 5.75 Å². The summed E-state index contributed by atoms with van der Waals surface area (Å²) in [4.78, 5) is 37.0. The fraction of sp³-hybridized carbons (Fsp3) is 0.214. The molecule has 1 amide bonds.